The molecule has 13 heteroatoms. The highest BCUT2D eigenvalue weighted by Crippen LogP contribution is 2.36. The smallest absolute Gasteiger partial charge is 0.269 e. The summed E-state index contributed by atoms with van der Waals surface area (Å²) in [7, 11) is -1.80. The summed E-state index contributed by atoms with van der Waals surface area (Å²) in [5.74, 6) is -0.817. The van der Waals surface area contributed by atoms with Gasteiger partial charge in [-0.25, -0.2) is 26.5 Å². The molecule has 0 spiro atoms. The molecule has 0 radical (unpaired) electrons. The van der Waals surface area contributed by atoms with E-state index in [1.165, 1.54) is 20.3 Å². The number of halogens is 4. The van der Waals surface area contributed by atoms with Gasteiger partial charge in [-0.15, -0.1) is 0 Å². The van der Waals surface area contributed by atoms with Crippen LogP contribution in [0.3, 0.4) is 0 Å². The summed E-state index contributed by atoms with van der Waals surface area (Å²) in [6.45, 7) is 1.29. The number of anilines is 2. The van der Waals surface area contributed by atoms with Crippen molar-refractivity contribution in [2.45, 2.75) is 24.4 Å². The van der Waals surface area contributed by atoms with Crippen molar-refractivity contribution in [2.75, 3.05) is 23.8 Å². The van der Waals surface area contributed by atoms with E-state index in [0.29, 0.717) is 34.0 Å². The molecule has 3 aromatic carbocycles. The van der Waals surface area contributed by atoms with E-state index in [1.54, 1.807) is 43.3 Å². The van der Waals surface area contributed by atoms with Gasteiger partial charge in [0.15, 0.2) is 5.13 Å². The van der Waals surface area contributed by atoms with Crippen LogP contribution in [-0.2, 0) is 16.6 Å². The molecule has 4 aromatic rings. The second-order valence-electron chi connectivity index (χ2n) is 8.29. The number of rotatable bonds is 10. The molecule has 7 nitrogen and oxygen atoms in total. The van der Waals surface area contributed by atoms with Crippen molar-refractivity contribution in [2.24, 2.45) is 0 Å². The highest BCUT2D eigenvalue weighted by molar-refractivity contribution is 7.93. The molecule has 1 atom stereocenters. The summed E-state index contributed by atoms with van der Waals surface area (Å²) in [6, 6.07) is 12.0. The first-order valence-corrected chi connectivity index (χ1v) is 14.0. The quantitative estimate of drug-likeness (QED) is 0.217. The molecular formula is C26H23ClF3N3O4S2. The Hall–Kier alpha value is -3.48. The number of benzene rings is 3. The summed E-state index contributed by atoms with van der Waals surface area (Å²) in [4.78, 5) is 3.12. The topological polar surface area (TPSA) is 80.8 Å². The lowest BCUT2D eigenvalue weighted by atomic mass is 10.1. The normalized spacial score (nSPS) is 12.2. The minimum atomic E-state index is -4.66. The van der Waals surface area contributed by atoms with Crippen LogP contribution in [0.15, 0.2) is 65.7 Å². The number of sulfonamides is 1. The van der Waals surface area contributed by atoms with Gasteiger partial charge >= 0.3 is 0 Å². The molecule has 0 aliphatic carbocycles. The molecule has 1 heterocycles. The SMILES string of the molecule is COc1ccc(CN(c2ncc(F)s2)S(=O)(=O)c2cc(Cl)c(NC(C)c3ccccc3F)cc2F)c(OC)c1. The maximum Gasteiger partial charge on any atom is 0.269 e. The molecule has 0 saturated carbocycles. The van der Waals surface area contributed by atoms with Crippen LogP contribution in [-0.4, -0.2) is 27.6 Å². The van der Waals surface area contributed by atoms with Gasteiger partial charge in [-0.2, -0.15) is 4.39 Å². The Morgan fingerprint density at radius 1 is 1.05 bits per heavy atom. The van der Waals surface area contributed by atoms with Gasteiger partial charge in [0, 0.05) is 17.2 Å². The maximum absolute atomic E-state index is 15.4. The molecule has 0 fully saturated rings. The van der Waals surface area contributed by atoms with Gasteiger partial charge in [0.2, 0.25) is 5.13 Å². The molecule has 4 rings (SSSR count). The molecule has 0 saturated heterocycles. The van der Waals surface area contributed by atoms with Crippen LogP contribution in [0.4, 0.5) is 24.0 Å². The molecule has 1 aromatic heterocycles. The third kappa shape index (κ3) is 6.07. The van der Waals surface area contributed by atoms with E-state index in [0.717, 1.165) is 22.6 Å². The van der Waals surface area contributed by atoms with Gasteiger partial charge in [0.25, 0.3) is 10.0 Å². The minimum absolute atomic E-state index is 0.0625. The van der Waals surface area contributed by atoms with E-state index in [2.05, 4.69) is 10.3 Å². The van der Waals surface area contributed by atoms with Gasteiger partial charge in [0.1, 0.15) is 28.0 Å². The van der Waals surface area contributed by atoms with Crippen molar-refractivity contribution >= 4 is 43.8 Å². The Balaban J connectivity index is 1.73. The first-order chi connectivity index (χ1) is 18.5. The van der Waals surface area contributed by atoms with E-state index in [1.807, 2.05) is 0 Å². The van der Waals surface area contributed by atoms with Gasteiger partial charge in [-0.3, -0.25) is 0 Å². The lowest BCUT2D eigenvalue weighted by molar-refractivity contribution is 0.391. The highest BCUT2D eigenvalue weighted by atomic mass is 35.5. The molecule has 39 heavy (non-hydrogen) atoms. The summed E-state index contributed by atoms with van der Waals surface area (Å²) in [5.41, 5.74) is 0.768. The Morgan fingerprint density at radius 2 is 1.79 bits per heavy atom. The highest BCUT2D eigenvalue weighted by Gasteiger charge is 2.32. The second kappa shape index (κ2) is 11.7. The van der Waals surface area contributed by atoms with Gasteiger partial charge in [-0.1, -0.05) is 41.1 Å². The number of aromatic nitrogens is 1. The van der Waals surface area contributed by atoms with Crippen molar-refractivity contribution in [3.63, 3.8) is 0 Å². The zero-order valence-corrected chi connectivity index (χ0v) is 23.3. The zero-order valence-electron chi connectivity index (χ0n) is 20.9. The van der Waals surface area contributed by atoms with E-state index >= 15 is 4.39 Å². The second-order valence-corrected chi connectivity index (χ2v) is 11.5. The summed E-state index contributed by atoms with van der Waals surface area (Å²) in [6.07, 6.45) is 0.869. The van der Waals surface area contributed by atoms with Crippen molar-refractivity contribution in [1.29, 1.82) is 0 Å². The number of methoxy groups -OCH3 is 2. The first-order valence-electron chi connectivity index (χ1n) is 11.4. The Bertz CT molecular complexity index is 1600. The van der Waals surface area contributed by atoms with Crippen LogP contribution < -0.4 is 19.1 Å². The fourth-order valence-corrected chi connectivity index (χ4v) is 6.46. The fraction of sp³-hybridized carbons (Fsp3) is 0.192. The first kappa shape index (κ1) is 28.5. The maximum atomic E-state index is 15.4. The predicted octanol–water partition coefficient (Wildman–Crippen LogP) is 6.80. The minimum Gasteiger partial charge on any atom is -0.497 e. The van der Waals surface area contributed by atoms with E-state index in [9.17, 15) is 17.2 Å². The van der Waals surface area contributed by atoms with Crippen LogP contribution in [0.2, 0.25) is 5.02 Å². The van der Waals surface area contributed by atoms with Crippen molar-refractivity contribution in [3.8, 4) is 11.5 Å². The Kier molecular flexibility index (Phi) is 8.57. The van der Waals surface area contributed by atoms with Crippen LogP contribution in [0.1, 0.15) is 24.1 Å². The molecule has 1 unspecified atom stereocenters. The van der Waals surface area contributed by atoms with Crippen molar-refractivity contribution < 1.29 is 31.1 Å². The van der Waals surface area contributed by atoms with Crippen LogP contribution >= 0.6 is 22.9 Å². The number of ether oxygens (including phenoxy) is 2. The van der Waals surface area contributed by atoms with E-state index < -0.39 is 37.7 Å². The van der Waals surface area contributed by atoms with Crippen molar-refractivity contribution in [3.05, 3.63) is 93.7 Å². The monoisotopic (exact) mass is 597 g/mol. The number of nitrogens with one attached hydrogen (secondary N) is 1. The van der Waals surface area contributed by atoms with Gasteiger partial charge < -0.3 is 14.8 Å². The lowest BCUT2D eigenvalue weighted by Gasteiger charge is -2.24. The molecular weight excluding hydrogens is 575 g/mol. The van der Waals surface area contributed by atoms with Gasteiger partial charge in [0.05, 0.1) is 43.7 Å². The van der Waals surface area contributed by atoms with Crippen LogP contribution in [0, 0.1) is 16.8 Å². The van der Waals surface area contributed by atoms with E-state index in [4.69, 9.17) is 21.1 Å². The van der Waals surface area contributed by atoms with Crippen molar-refractivity contribution in [1.82, 2.24) is 4.98 Å². The van der Waals surface area contributed by atoms with Crippen LogP contribution in [0.25, 0.3) is 0 Å². The molecule has 206 valence electrons. The number of thiazole rings is 1. The molecule has 0 aliphatic heterocycles. The third-order valence-corrected chi connectivity index (χ3v) is 8.81. The average molecular weight is 598 g/mol. The molecule has 0 amide bonds. The van der Waals surface area contributed by atoms with E-state index in [-0.39, 0.29) is 22.4 Å². The summed E-state index contributed by atoms with van der Waals surface area (Å²) < 4.78 is 82.4. The number of hydrogen-bond acceptors (Lipinski definition) is 7. The predicted molar refractivity (Wildman–Crippen MR) is 145 cm³/mol. The van der Waals surface area contributed by atoms with Crippen LogP contribution in [0.5, 0.6) is 11.5 Å². The van der Waals surface area contributed by atoms with Gasteiger partial charge in [-0.05, 0) is 37.3 Å². The Labute approximate surface area is 232 Å². The standard InChI is InChI=1S/C26H23ClF3N3O4S2/c1-15(18-6-4-5-7-20(18)28)32-22-12-21(29)24(11-19(22)27)39(34,35)33(26-31-13-25(30)38-26)14-16-8-9-17(36-2)10-23(16)37-3/h4-13,15,32H,14H2,1-3H3. The largest absolute Gasteiger partial charge is 0.497 e. The fourth-order valence-electron chi connectivity index (χ4n) is 3.85. The summed E-state index contributed by atoms with van der Waals surface area (Å²) in [5, 5.41) is 1.83. The third-order valence-electron chi connectivity index (χ3n) is 5.82. The molecule has 0 aliphatic rings. The zero-order chi connectivity index (χ0) is 28.3. The average Bonchev–Trinajstić information content (AvgIpc) is 3.34. The molecule has 0 bridgehead atoms. The lowest BCUT2D eigenvalue weighted by Crippen LogP contribution is -2.31. The number of nitrogens with zero attached hydrogens (tertiary/aromatic N) is 2. The Morgan fingerprint density at radius 3 is 2.44 bits per heavy atom. The number of hydrogen-bond donors (Lipinski definition) is 1. The molecule has 1 N–H and O–H groups in total. The summed E-state index contributed by atoms with van der Waals surface area (Å²) >= 11 is 6.84.